The van der Waals surface area contributed by atoms with E-state index in [0.717, 1.165) is 6.54 Å². The Labute approximate surface area is 128 Å². The number of hydrogen-bond donors (Lipinski definition) is 1. The highest BCUT2D eigenvalue weighted by Gasteiger charge is 2.06. The molecule has 0 aliphatic rings. The predicted octanol–water partition coefficient (Wildman–Crippen LogP) is 5.48. The largest absolute Gasteiger partial charge is 0.305 e. The Morgan fingerprint density at radius 3 is 2.16 bits per heavy atom. The van der Waals surface area contributed by atoms with Crippen molar-refractivity contribution in [3.05, 3.63) is 56.2 Å². The van der Waals surface area contributed by atoms with Crippen molar-refractivity contribution >= 4 is 27.3 Å². The maximum Gasteiger partial charge on any atom is 0.0701 e. The lowest BCUT2D eigenvalue weighted by Crippen LogP contribution is -2.17. The van der Waals surface area contributed by atoms with Crippen LogP contribution in [0.1, 0.15) is 48.7 Å². The first-order valence-electron chi connectivity index (χ1n) is 6.63. The first kappa shape index (κ1) is 14.8. The fraction of sp³-hybridized carbons (Fsp3) is 0.375. The molecule has 1 heterocycles. The van der Waals surface area contributed by atoms with Crippen LogP contribution in [0.3, 0.4) is 0 Å². The standard InChI is InChI=1S/C16H20BrNS/c1-11(2)13-4-6-14(7-5-13)12(3)18-10-15-8-9-16(17)19-15/h4-9,11-12,18H,10H2,1-3H3. The fourth-order valence-electron chi connectivity index (χ4n) is 1.99. The van der Waals surface area contributed by atoms with Crippen LogP contribution in [0.5, 0.6) is 0 Å². The molecule has 0 bridgehead atoms. The molecule has 0 aliphatic carbocycles. The van der Waals surface area contributed by atoms with E-state index in [2.05, 4.69) is 78.4 Å². The van der Waals surface area contributed by atoms with Gasteiger partial charge in [0.1, 0.15) is 0 Å². The van der Waals surface area contributed by atoms with Gasteiger partial charge < -0.3 is 5.32 Å². The molecule has 0 fully saturated rings. The number of hydrogen-bond acceptors (Lipinski definition) is 2. The van der Waals surface area contributed by atoms with Crippen molar-refractivity contribution in [3.8, 4) is 0 Å². The number of benzene rings is 1. The van der Waals surface area contributed by atoms with Gasteiger partial charge in [-0.2, -0.15) is 0 Å². The summed E-state index contributed by atoms with van der Waals surface area (Å²) in [5, 5.41) is 3.57. The highest BCUT2D eigenvalue weighted by molar-refractivity contribution is 9.11. The minimum Gasteiger partial charge on any atom is -0.305 e. The quantitative estimate of drug-likeness (QED) is 0.761. The average Bonchev–Trinajstić information content (AvgIpc) is 2.82. The maximum absolute atomic E-state index is 3.57. The second-order valence-electron chi connectivity index (χ2n) is 5.13. The molecular formula is C16H20BrNS. The van der Waals surface area contributed by atoms with Crippen LogP contribution < -0.4 is 5.32 Å². The predicted molar refractivity (Wildman–Crippen MR) is 87.8 cm³/mol. The molecule has 1 unspecified atom stereocenters. The molecule has 1 aromatic carbocycles. The lowest BCUT2D eigenvalue weighted by molar-refractivity contribution is 0.578. The number of rotatable bonds is 5. The van der Waals surface area contributed by atoms with E-state index in [1.807, 2.05) is 0 Å². The molecule has 1 atom stereocenters. The monoisotopic (exact) mass is 337 g/mol. The Morgan fingerprint density at radius 2 is 1.63 bits per heavy atom. The van der Waals surface area contributed by atoms with Crippen LogP contribution in [0.2, 0.25) is 0 Å². The zero-order valence-electron chi connectivity index (χ0n) is 11.6. The van der Waals surface area contributed by atoms with E-state index in [1.165, 1.54) is 19.8 Å². The summed E-state index contributed by atoms with van der Waals surface area (Å²) in [5.74, 6) is 0.598. The van der Waals surface area contributed by atoms with Gasteiger partial charge in [0.05, 0.1) is 3.79 Å². The smallest absolute Gasteiger partial charge is 0.0701 e. The van der Waals surface area contributed by atoms with E-state index in [1.54, 1.807) is 11.3 Å². The van der Waals surface area contributed by atoms with E-state index in [4.69, 9.17) is 0 Å². The van der Waals surface area contributed by atoms with Crippen molar-refractivity contribution in [2.75, 3.05) is 0 Å². The van der Waals surface area contributed by atoms with Gasteiger partial charge in [0.2, 0.25) is 0 Å². The van der Waals surface area contributed by atoms with Gasteiger partial charge in [-0.15, -0.1) is 11.3 Å². The molecule has 0 aliphatic heterocycles. The van der Waals surface area contributed by atoms with Gasteiger partial charge in [0.25, 0.3) is 0 Å². The number of halogens is 1. The molecule has 0 spiro atoms. The third-order valence-corrected chi connectivity index (χ3v) is 4.94. The molecule has 0 saturated heterocycles. The zero-order chi connectivity index (χ0) is 13.8. The van der Waals surface area contributed by atoms with Crippen LogP contribution in [0, 0.1) is 0 Å². The molecule has 2 rings (SSSR count). The topological polar surface area (TPSA) is 12.0 Å². The number of thiophene rings is 1. The molecule has 1 nitrogen and oxygen atoms in total. The van der Waals surface area contributed by atoms with Crippen molar-refractivity contribution in [3.63, 3.8) is 0 Å². The summed E-state index contributed by atoms with van der Waals surface area (Å²) in [6, 6.07) is 13.6. The molecule has 2 aromatic rings. The second kappa shape index (κ2) is 6.69. The lowest BCUT2D eigenvalue weighted by Gasteiger charge is -2.15. The summed E-state index contributed by atoms with van der Waals surface area (Å²) < 4.78 is 1.19. The van der Waals surface area contributed by atoms with E-state index in [9.17, 15) is 0 Å². The summed E-state index contributed by atoms with van der Waals surface area (Å²) in [6.07, 6.45) is 0. The van der Waals surface area contributed by atoms with Gasteiger partial charge in [-0.1, -0.05) is 38.1 Å². The third-order valence-electron chi connectivity index (χ3n) is 3.31. The van der Waals surface area contributed by atoms with E-state index < -0.39 is 0 Å². The third kappa shape index (κ3) is 4.16. The summed E-state index contributed by atoms with van der Waals surface area (Å²) in [4.78, 5) is 1.36. The van der Waals surface area contributed by atoms with Crippen LogP contribution in [0.15, 0.2) is 40.2 Å². The van der Waals surface area contributed by atoms with Crippen LogP contribution in [0.25, 0.3) is 0 Å². The minimum atomic E-state index is 0.377. The van der Waals surface area contributed by atoms with Crippen molar-refractivity contribution in [2.24, 2.45) is 0 Å². The van der Waals surface area contributed by atoms with Gasteiger partial charge in [-0.3, -0.25) is 0 Å². The summed E-state index contributed by atoms with van der Waals surface area (Å²) >= 11 is 5.28. The van der Waals surface area contributed by atoms with Gasteiger partial charge in [-0.05, 0) is 52.0 Å². The number of nitrogens with one attached hydrogen (secondary N) is 1. The Morgan fingerprint density at radius 1 is 1.00 bits per heavy atom. The molecular weight excluding hydrogens is 318 g/mol. The van der Waals surface area contributed by atoms with Crippen molar-refractivity contribution in [2.45, 2.75) is 39.3 Å². The zero-order valence-corrected chi connectivity index (χ0v) is 14.0. The first-order valence-corrected chi connectivity index (χ1v) is 8.24. The van der Waals surface area contributed by atoms with E-state index in [-0.39, 0.29) is 0 Å². The van der Waals surface area contributed by atoms with Gasteiger partial charge in [-0.25, -0.2) is 0 Å². The minimum absolute atomic E-state index is 0.377. The molecule has 102 valence electrons. The highest BCUT2D eigenvalue weighted by Crippen LogP contribution is 2.23. The fourth-order valence-corrected chi connectivity index (χ4v) is 3.42. The van der Waals surface area contributed by atoms with Gasteiger partial charge in [0, 0.05) is 17.5 Å². The lowest BCUT2D eigenvalue weighted by atomic mass is 9.99. The molecule has 3 heteroatoms. The molecule has 0 amide bonds. The Bertz CT molecular complexity index is 516. The van der Waals surface area contributed by atoms with Crippen molar-refractivity contribution in [1.82, 2.24) is 5.32 Å². The Hall–Kier alpha value is -0.640. The summed E-state index contributed by atoms with van der Waals surface area (Å²) in [5.41, 5.74) is 2.75. The highest BCUT2D eigenvalue weighted by atomic mass is 79.9. The summed E-state index contributed by atoms with van der Waals surface area (Å²) in [6.45, 7) is 7.59. The first-order chi connectivity index (χ1) is 9.06. The van der Waals surface area contributed by atoms with E-state index >= 15 is 0 Å². The van der Waals surface area contributed by atoms with Gasteiger partial charge in [0.15, 0.2) is 0 Å². The maximum atomic E-state index is 3.57. The van der Waals surface area contributed by atoms with Crippen LogP contribution in [-0.2, 0) is 6.54 Å². The average molecular weight is 338 g/mol. The Balaban J connectivity index is 1.94. The molecule has 0 saturated carbocycles. The van der Waals surface area contributed by atoms with Crippen molar-refractivity contribution in [1.29, 1.82) is 0 Å². The second-order valence-corrected chi connectivity index (χ2v) is 7.68. The Kier molecular flexibility index (Phi) is 5.20. The van der Waals surface area contributed by atoms with Crippen LogP contribution in [0.4, 0.5) is 0 Å². The summed E-state index contributed by atoms with van der Waals surface area (Å²) in [7, 11) is 0. The van der Waals surface area contributed by atoms with Gasteiger partial charge >= 0.3 is 0 Å². The van der Waals surface area contributed by atoms with Crippen LogP contribution >= 0.6 is 27.3 Å². The van der Waals surface area contributed by atoms with Crippen molar-refractivity contribution < 1.29 is 0 Å². The molecule has 19 heavy (non-hydrogen) atoms. The molecule has 1 aromatic heterocycles. The molecule has 1 N–H and O–H groups in total. The van der Waals surface area contributed by atoms with E-state index in [0.29, 0.717) is 12.0 Å². The molecule has 0 radical (unpaired) electrons. The SMILES string of the molecule is CC(C)c1ccc(C(C)NCc2ccc(Br)s2)cc1. The van der Waals surface area contributed by atoms with Crippen LogP contribution in [-0.4, -0.2) is 0 Å². The normalized spacial score (nSPS) is 12.9.